The summed E-state index contributed by atoms with van der Waals surface area (Å²) in [5, 5.41) is 1.06. The van der Waals surface area contributed by atoms with Crippen molar-refractivity contribution < 1.29 is 0 Å². The van der Waals surface area contributed by atoms with Crippen LogP contribution in [0.3, 0.4) is 0 Å². The molecule has 1 aromatic heterocycles. The van der Waals surface area contributed by atoms with Crippen LogP contribution in [-0.4, -0.2) is 10.7 Å². The fraction of sp³-hybridized carbons (Fsp3) is 0.0741. The van der Waals surface area contributed by atoms with Gasteiger partial charge >= 0.3 is 0 Å². The summed E-state index contributed by atoms with van der Waals surface area (Å²) in [6, 6.07) is 24.7. The molecular weight excluding hydrogens is 423 g/mol. The molecule has 0 saturated heterocycles. The Bertz CT molecular complexity index is 1360. The average molecular weight is 443 g/mol. The number of nitrogens with zero attached hydrogens (tertiary/aromatic N) is 1. The van der Waals surface area contributed by atoms with Crippen molar-refractivity contribution in [2.24, 2.45) is 4.99 Å². The van der Waals surface area contributed by atoms with Gasteiger partial charge in [-0.05, 0) is 55.3 Å². The third-order valence-electron chi connectivity index (χ3n) is 5.55. The first-order valence-electron chi connectivity index (χ1n) is 10.1. The molecule has 31 heavy (non-hydrogen) atoms. The van der Waals surface area contributed by atoms with E-state index in [1.165, 1.54) is 11.1 Å². The Labute approximate surface area is 191 Å². The highest BCUT2D eigenvalue weighted by atomic mass is 35.5. The number of benzene rings is 3. The Kier molecular flexibility index (Phi) is 5.05. The molecule has 0 aliphatic carbocycles. The molecule has 1 aliphatic rings. The molecule has 0 saturated carbocycles. The Morgan fingerprint density at radius 2 is 1.52 bits per heavy atom. The lowest BCUT2D eigenvalue weighted by Crippen LogP contribution is -2.03. The number of aromatic nitrogens is 1. The van der Waals surface area contributed by atoms with Gasteiger partial charge in [0, 0.05) is 28.1 Å². The number of aliphatic imine (C=N–C) groups is 1. The molecule has 152 valence electrons. The van der Waals surface area contributed by atoms with Gasteiger partial charge in [-0.2, -0.15) is 0 Å². The first-order chi connectivity index (χ1) is 15.0. The Hall–Kier alpha value is -3.07. The van der Waals surface area contributed by atoms with E-state index in [9.17, 15) is 0 Å². The predicted molar refractivity (Wildman–Crippen MR) is 132 cm³/mol. The van der Waals surface area contributed by atoms with Crippen LogP contribution in [0.2, 0.25) is 10.0 Å². The molecule has 2 nitrogen and oxygen atoms in total. The quantitative estimate of drug-likeness (QED) is 0.333. The van der Waals surface area contributed by atoms with Gasteiger partial charge in [0.15, 0.2) is 0 Å². The summed E-state index contributed by atoms with van der Waals surface area (Å²) in [6.45, 7) is 4.21. The molecule has 1 aliphatic heterocycles. The summed E-state index contributed by atoms with van der Waals surface area (Å²) in [5.41, 5.74) is 10.5. The minimum absolute atomic E-state index is 0.528. The highest BCUT2D eigenvalue weighted by Crippen LogP contribution is 2.38. The molecule has 3 aromatic carbocycles. The van der Waals surface area contributed by atoms with Crippen LogP contribution in [0.5, 0.6) is 0 Å². The summed E-state index contributed by atoms with van der Waals surface area (Å²) >= 11 is 12.7. The minimum atomic E-state index is 0.528. The first kappa shape index (κ1) is 19.9. The second-order valence-electron chi connectivity index (χ2n) is 7.81. The summed E-state index contributed by atoms with van der Waals surface area (Å²) < 4.78 is 0. The van der Waals surface area contributed by atoms with Crippen molar-refractivity contribution in [1.82, 2.24) is 4.98 Å². The molecule has 0 atom stereocenters. The van der Waals surface area contributed by atoms with Gasteiger partial charge in [-0.25, -0.2) is 4.99 Å². The SMILES string of the molecule is Cc1ccc(C2=N/C(=C\c3ccc(-c4ccccc4)[nH]3)c3cc(Cl)c(Cl)cc32)c(C)c1. The van der Waals surface area contributed by atoms with Crippen LogP contribution in [0, 0.1) is 13.8 Å². The molecule has 0 amide bonds. The molecule has 4 heteroatoms. The minimum Gasteiger partial charge on any atom is -0.355 e. The molecule has 0 bridgehead atoms. The fourth-order valence-electron chi connectivity index (χ4n) is 4.02. The molecular formula is C27H20Cl2N2. The van der Waals surface area contributed by atoms with Crippen molar-refractivity contribution >= 4 is 40.7 Å². The monoisotopic (exact) mass is 442 g/mol. The highest BCUT2D eigenvalue weighted by Gasteiger charge is 2.24. The number of H-pyrrole nitrogens is 1. The third-order valence-corrected chi connectivity index (χ3v) is 6.27. The number of aromatic amines is 1. The number of nitrogens with one attached hydrogen (secondary N) is 1. The lowest BCUT2D eigenvalue weighted by Gasteiger charge is -2.09. The standard InChI is InChI=1S/C27H20Cl2N2/c1-16-8-10-20(17(2)12-16)27-22-15-24(29)23(28)14-21(22)26(31-27)13-19-9-11-25(30-19)18-6-4-3-5-7-18/h3-15,30H,1-2H3/b26-13-. The molecule has 2 heterocycles. The number of hydrogen-bond acceptors (Lipinski definition) is 1. The molecule has 0 radical (unpaired) electrons. The predicted octanol–water partition coefficient (Wildman–Crippen LogP) is 7.95. The maximum Gasteiger partial charge on any atom is 0.0791 e. The summed E-state index contributed by atoms with van der Waals surface area (Å²) in [4.78, 5) is 8.50. The van der Waals surface area contributed by atoms with E-state index < -0.39 is 0 Å². The molecule has 5 rings (SSSR count). The summed E-state index contributed by atoms with van der Waals surface area (Å²) in [5.74, 6) is 0. The maximum atomic E-state index is 6.38. The van der Waals surface area contributed by atoms with E-state index in [0.717, 1.165) is 45.1 Å². The second kappa shape index (κ2) is 7.88. The summed E-state index contributed by atoms with van der Waals surface area (Å²) in [6.07, 6.45) is 2.06. The van der Waals surface area contributed by atoms with Crippen LogP contribution in [0.1, 0.15) is 33.5 Å². The zero-order valence-electron chi connectivity index (χ0n) is 17.2. The first-order valence-corrected chi connectivity index (χ1v) is 10.9. The van der Waals surface area contributed by atoms with Gasteiger partial charge in [0.2, 0.25) is 0 Å². The molecule has 4 aromatic rings. The molecule has 1 N–H and O–H groups in total. The fourth-order valence-corrected chi connectivity index (χ4v) is 4.35. The van der Waals surface area contributed by atoms with Crippen LogP contribution in [0.25, 0.3) is 23.0 Å². The van der Waals surface area contributed by atoms with Crippen molar-refractivity contribution in [3.8, 4) is 11.3 Å². The van der Waals surface area contributed by atoms with Crippen LogP contribution in [-0.2, 0) is 0 Å². The van der Waals surface area contributed by atoms with Crippen molar-refractivity contribution in [2.75, 3.05) is 0 Å². The number of fused-ring (bicyclic) bond motifs is 1. The van der Waals surface area contributed by atoms with Gasteiger partial charge in [0.05, 0.1) is 21.5 Å². The van der Waals surface area contributed by atoms with Crippen LogP contribution in [0.4, 0.5) is 0 Å². The Balaban J connectivity index is 1.63. The van der Waals surface area contributed by atoms with E-state index in [0.29, 0.717) is 10.0 Å². The van der Waals surface area contributed by atoms with Gasteiger partial charge in [-0.15, -0.1) is 0 Å². The van der Waals surface area contributed by atoms with Crippen molar-refractivity contribution in [3.63, 3.8) is 0 Å². The van der Waals surface area contributed by atoms with Gasteiger partial charge in [0.25, 0.3) is 0 Å². The van der Waals surface area contributed by atoms with Gasteiger partial charge in [-0.1, -0.05) is 77.3 Å². The van der Waals surface area contributed by atoms with Crippen LogP contribution >= 0.6 is 23.2 Å². The topological polar surface area (TPSA) is 28.1 Å². The van der Waals surface area contributed by atoms with E-state index in [4.69, 9.17) is 28.2 Å². The molecule has 0 fully saturated rings. The van der Waals surface area contributed by atoms with E-state index in [2.05, 4.69) is 67.4 Å². The zero-order valence-corrected chi connectivity index (χ0v) is 18.7. The Morgan fingerprint density at radius 1 is 0.774 bits per heavy atom. The van der Waals surface area contributed by atoms with E-state index in [-0.39, 0.29) is 0 Å². The number of hydrogen-bond donors (Lipinski definition) is 1. The number of halogens is 2. The van der Waals surface area contributed by atoms with E-state index in [1.807, 2.05) is 30.3 Å². The van der Waals surface area contributed by atoms with E-state index >= 15 is 0 Å². The second-order valence-corrected chi connectivity index (χ2v) is 8.63. The molecule has 0 unspecified atom stereocenters. The summed E-state index contributed by atoms with van der Waals surface area (Å²) in [7, 11) is 0. The van der Waals surface area contributed by atoms with E-state index in [1.54, 1.807) is 0 Å². The van der Waals surface area contributed by atoms with Crippen molar-refractivity contribution in [2.45, 2.75) is 13.8 Å². The highest BCUT2D eigenvalue weighted by molar-refractivity contribution is 6.42. The van der Waals surface area contributed by atoms with Crippen molar-refractivity contribution in [1.29, 1.82) is 0 Å². The lowest BCUT2D eigenvalue weighted by molar-refractivity contribution is 1.36. The molecule has 0 spiro atoms. The van der Waals surface area contributed by atoms with Gasteiger partial charge < -0.3 is 4.98 Å². The van der Waals surface area contributed by atoms with Gasteiger partial charge in [-0.3, -0.25) is 0 Å². The average Bonchev–Trinajstić information content (AvgIpc) is 3.35. The zero-order chi connectivity index (χ0) is 21.5. The van der Waals surface area contributed by atoms with Gasteiger partial charge in [0.1, 0.15) is 0 Å². The maximum absolute atomic E-state index is 6.38. The van der Waals surface area contributed by atoms with Crippen LogP contribution in [0.15, 0.2) is 77.8 Å². The normalized spacial score (nSPS) is 14.1. The van der Waals surface area contributed by atoms with Crippen LogP contribution < -0.4 is 0 Å². The van der Waals surface area contributed by atoms with Crippen molar-refractivity contribution in [3.05, 3.63) is 116 Å². The number of aryl methyl sites for hydroxylation is 2. The smallest absolute Gasteiger partial charge is 0.0791 e. The lowest BCUT2D eigenvalue weighted by atomic mass is 9.95. The largest absolute Gasteiger partial charge is 0.355 e. The number of rotatable bonds is 3. The Morgan fingerprint density at radius 3 is 2.26 bits per heavy atom. The third kappa shape index (κ3) is 3.74.